The van der Waals surface area contributed by atoms with Gasteiger partial charge in [0.1, 0.15) is 5.82 Å². The zero-order valence-corrected chi connectivity index (χ0v) is 11.4. The summed E-state index contributed by atoms with van der Waals surface area (Å²) in [7, 11) is 0. The van der Waals surface area contributed by atoms with Gasteiger partial charge >= 0.3 is 0 Å². The van der Waals surface area contributed by atoms with E-state index in [9.17, 15) is 9.65 Å². The van der Waals surface area contributed by atoms with Crippen LogP contribution in [0.4, 0.5) is 10.1 Å². The average molecular weight is 287 g/mol. The maximum absolute atomic E-state index is 13.0. The largest absolute Gasteiger partial charge is 0.364 e. The summed E-state index contributed by atoms with van der Waals surface area (Å²) in [6.07, 6.45) is 1.48. The molecule has 100 valence electrons. The van der Waals surface area contributed by atoms with Crippen molar-refractivity contribution in [2.75, 3.05) is 5.32 Å². The van der Waals surface area contributed by atoms with Crippen molar-refractivity contribution in [3.05, 3.63) is 64.4 Å². The number of halogens is 2. The van der Waals surface area contributed by atoms with Crippen molar-refractivity contribution in [1.29, 1.82) is 5.26 Å². The number of nitrogens with zero attached hydrogens (tertiary/aromatic N) is 1. The van der Waals surface area contributed by atoms with Crippen molar-refractivity contribution in [3.8, 4) is 6.07 Å². The monoisotopic (exact) mass is 286 g/mol. The van der Waals surface area contributed by atoms with E-state index in [1.54, 1.807) is 18.2 Å². The van der Waals surface area contributed by atoms with Crippen molar-refractivity contribution >= 4 is 17.3 Å². The van der Waals surface area contributed by atoms with Gasteiger partial charge in [0.2, 0.25) is 0 Å². The molecule has 0 aliphatic heterocycles. The predicted molar refractivity (Wildman–Crippen MR) is 77.1 cm³/mol. The van der Waals surface area contributed by atoms with Gasteiger partial charge in [0.15, 0.2) is 5.54 Å². The molecule has 0 bridgehead atoms. The highest BCUT2D eigenvalue weighted by molar-refractivity contribution is 6.30. The Bertz CT molecular complexity index is 691. The van der Waals surface area contributed by atoms with Crippen LogP contribution in [-0.4, -0.2) is 0 Å². The minimum absolute atomic E-state index is 0.292. The Balaban J connectivity index is 1.99. The lowest BCUT2D eigenvalue weighted by Crippen LogP contribution is -2.31. The lowest BCUT2D eigenvalue weighted by molar-refractivity contribution is 0.616. The van der Waals surface area contributed by atoms with E-state index in [-0.39, 0.29) is 5.82 Å². The summed E-state index contributed by atoms with van der Waals surface area (Å²) >= 11 is 5.99. The van der Waals surface area contributed by atoms with E-state index in [2.05, 4.69) is 11.4 Å². The van der Waals surface area contributed by atoms with Gasteiger partial charge in [-0.05, 0) is 60.4 Å². The van der Waals surface area contributed by atoms with Gasteiger partial charge < -0.3 is 5.32 Å². The molecule has 0 saturated carbocycles. The highest BCUT2D eigenvalue weighted by Gasteiger charge is 2.39. The fourth-order valence-corrected chi connectivity index (χ4v) is 2.89. The molecule has 0 amide bonds. The van der Waals surface area contributed by atoms with Gasteiger partial charge in [-0.2, -0.15) is 5.26 Å². The van der Waals surface area contributed by atoms with E-state index in [1.165, 1.54) is 12.1 Å². The van der Waals surface area contributed by atoms with Crippen LogP contribution < -0.4 is 5.32 Å². The molecule has 2 nitrogen and oxygen atoms in total. The Kier molecular flexibility index (Phi) is 3.11. The number of fused-ring (bicyclic) bond motifs is 1. The third-order valence-electron chi connectivity index (χ3n) is 3.69. The van der Waals surface area contributed by atoms with Gasteiger partial charge in [0, 0.05) is 10.7 Å². The van der Waals surface area contributed by atoms with Crippen LogP contribution in [0.3, 0.4) is 0 Å². The summed E-state index contributed by atoms with van der Waals surface area (Å²) in [6, 6.07) is 14.0. The molecular formula is C16H12ClFN2. The van der Waals surface area contributed by atoms with Crippen molar-refractivity contribution in [1.82, 2.24) is 0 Å². The molecule has 1 aliphatic rings. The number of aryl methyl sites for hydroxylation is 1. The van der Waals surface area contributed by atoms with Crippen LogP contribution in [-0.2, 0) is 12.0 Å². The van der Waals surface area contributed by atoms with Gasteiger partial charge in [-0.15, -0.1) is 0 Å². The smallest absolute Gasteiger partial charge is 0.151 e. The van der Waals surface area contributed by atoms with Crippen molar-refractivity contribution in [3.63, 3.8) is 0 Å². The summed E-state index contributed by atoms with van der Waals surface area (Å²) in [5.74, 6) is -0.292. The normalized spacial score (nSPS) is 20.2. The maximum atomic E-state index is 13.0. The second kappa shape index (κ2) is 4.81. The first-order valence-electron chi connectivity index (χ1n) is 6.37. The van der Waals surface area contributed by atoms with Gasteiger partial charge in [0.05, 0.1) is 6.07 Å². The molecule has 0 saturated heterocycles. The minimum Gasteiger partial charge on any atom is -0.364 e. The van der Waals surface area contributed by atoms with E-state index in [4.69, 9.17) is 11.6 Å². The average Bonchev–Trinajstić information content (AvgIpc) is 2.80. The van der Waals surface area contributed by atoms with Gasteiger partial charge in [0.25, 0.3) is 0 Å². The molecule has 1 aliphatic carbocycles. The number of hydrogen-bond donors (Lipinski definition) is 1. The SMILES string of the molecule is N#CC1(Nc2ccc(F)cc2)CCc2cc(Cl)ccc21. The third kappa shape index (κ3) is 2.13. The summed E-state index contributed by atoms with van der Waals surface area (Å²) in [5.41, 5.74) is 2.01. The predicted octanol–water partition coefficient (Wildman–Crippen LogP) is 4.26. The van der Waals surface area contributed by atoms with E-state index in [0.717, 1.165) is 23.2 Å². The van der Waals surface area contributed by atoms with Crippen LogP contribution in [0.25, 0.3) is 0 Å². The van der Waals surface area contributed by atoms with Crippen molar-refractivity contribution in [2.24, 2.45) is 0 Å². The Morgan fingerprint density at radius 2 is 1.95 bits per heavy atom. The Hall–Kier alpha value is -2.05. The summed E-state index contributed by atoms with van der Waals surface area (Å²) < 4.78 is 13.0. The Labute approximate surface area is 121 Å². The van der Waals surface area contributed by atoms with Crippen LogP contribution in [0.15, 0.2) is 42.5 Å². The molecule has 0 radical (unpaired) electrons. The molecule has 0 aromatic heterocycles. The van der Waals surface area contributed by atoms with E-state index in [0.29, 0.717) is 11.4 Å². The standard InChI is InChI=1S/C16H12ClFN2/c17-12-1-6-15-11(9-12)7-8-16(15,10-19)20-14-4-2-13(18)3-5-14/h1-6,9,20H,7-8H2. The quantitative estimate of drug-likeness (QED) is 0.895. The Morgan fingerprint density at radius 1 is 1.20 bits per heavy atom. The number of hydrogen-bond acceptors (Lipinski definition) is 2. The van der Waals surface area contributed by atoms with Gasteiger partial charge in [-0.1, -0.05) is 17.7 Å². The van der Waals surface area contributed by atoms with Crippen LogP contribution >= 0.6 is 11.6 Å². The fraction of sp³-hybridized carbons (Fsp3) is 0.188. The van der Waals surface area contributed by atoms with Gasteiger partial charge in [-0.3, -0.25) is 0 Å². The second-order valence-electron chi connectivity index (χ2n) is 4.95. The highest BCUT2D eigenvalue weighted by atomic mass is 35.5. The van der Waals surface area contributed by atoms with Crippen molar-refractivity contribution < 1.29 is 4.39 Å². The molecule has 0 fully saturated rings. The summed E-state index contributed by atoms with van der Waals surface area (Å²) in [4.78, 5) is 0. The van der Waals surface area contributed by atoms with Crippen LogP contribution in [0.2, 0.25) is 5.02 Å². The van der Waals surface area contributed by atoms with Gasteiger partial charge in [-0.25, -0.2) is 4.39 Å². The van der Waals surface area contributed by atoms with E-state index < -0.39 is 5.54 Å². The summed E-state index contributed by atoms with van der Waals surface area (Å²) in [5, 5.41) is 13.5. The van der Waals surface area contributed by atoms with Crippen LogP contribution in [0, 0.1) is 17.1 Å². The maximum Gasteiger partial charge on any atom is 0.151 e. The molecule has 2 aromatic carbocycles. The molecule has 0 spiro atoms. The van der Waals surface area contributed by atoms with Crippen molar-refractivity contribution in [2.45, 2.75) is 18.4 Å². The lowest BCUT2D eigenvalue weighted by atomic mass is 9.93. The first kappa shape index (κ1) is 13.0. The fourth-order valence-electron chi connectivity index (χ4n) is 2.70. The Morgan fingerprint density at radius 3 is 2.65 bits per heavy atom. The number of benzene rings is 2. The molecule has 20 heavy (non-hydrogen) atoms. The van der Waals surface area contributed by atoms with E-state index in [1.807, 2.05) is 12.1 Å². The molecule has 1 N–H and O–H groups in total. The minimum atomic E-state index is -0.766. The first-order valence-corrected chi connectivity index (χ1v) is 6.75. The zero-order chi connectivity index (χ0) is 14.2. The van der Waals surface area contributed by atoms with Crippen LogP contribution in [0.5, 0.6) is 0 Å². The van der Waals surface area contributed by atoms with Crippen LogP contribution in [0.1, 0.15) is 17.5 Å². The highest BCUT2D eigenvalue weighted by Crippen LogP contribution is 2.40. The number of nitrogens with one attached hydrogen (secondary N) is 1. The molecule has 4 heteroatoms. The molecule has 1 unspecified atom stereocenters. The van der Waals surface area contributed by atoms with E-state index >= 15 is 0 Å². The number of nitriles is 1. The topological polar surface area (TPSA) is 35.8 Å². The second-order valence-corrected chi connectivity index (χ2v) is 5.39. The number of anilines is 1. The molecule has 2 aromatic rings. The molecular weight excluding hydrogens is 275 g/mol. The third-order valence-corrected chi connectivity index (χ3v) is 3.92. The zero-order valence-electron chi connectivity index (χ0n) is 10.7. The molecule has 0 heterocycles. The molecule has 1 atom stereocenters. The number of rotatable bonds is 2. The lowest BCUT2D eigenvalue weighted by Gasteiger charge is -2.25. The first-order chi connectivity index (χ1) is 9.63. The molecule has 3 rings (SSSR count). The summed E-state index contributed by atoms with van der Waals surface area (Å²) in [6.45, 7) is 0.